The van der Waals surface area contributed by atoms with Crippen LogP contribution in [0.5, 0.6) is 0 Å². The predicted octanol–water partition coefficient (Wildman–Crippen LogP) is 1.18. The van der Waals surface area contributed by atoms with Crippen molar-refractivity contribution in [1.29, 1.82) is 0 Å². The first-order valence-electron chi connectivity index (χ1n) is 5.90. The van der Waals surface area contributed by atoms with Gasteiger partial charge in [-0.05, 0) is 24.5 Å². The van der Waals surface area contributed by atoms with E-state index >= 15 is 0 Å². The number of para-hydroxylation sites is 1. The zero-order valence-corrected chi connectivity index (χ0v) is 10.3. The molecule has 98 valence electrons. The minimum Gasteiger partial charge on any atom is -0.480 e. The maximum Gasteiger partial charge on any atom is 0.326 e. The van der Waals surface area contributed by atoms with Gasteiger partial charge in [0.25, 0.3) is 0 Å². The topological polar surface area (TPSA) is 92.4 Å². The van der Waals surface area contributed by atoms with E-state index in [-0.39, 0.29) is 12.3 Å². The first-order chi connectivity index (χ1) is 8.54. The predicted molar refractivity (Wildman–Crippen MR) is 69.0 cm³/mol. The Bertz CT molecular complexity index is 432. The number of nitrogens with one attached hydrogen (secondary N) is 1. The standard InChI is InChI=1S/C13H18N2O3/c1-2-11(13(17)18)15-12(16)8-7-9-5-3-4-6-10(9)14/h3-6,11H,2,7-8,14H2,1H3,(H,15,16)(H,17,18). The van der Waals surface area contributed by atoms with E-state index in [1.807, 2.05) is 18.2 Å². The molecule has 0 saturated heterocycles. The van der Waals surface area contributed by atoms with E-state index in [4.69, 9.17) is 10.8 Å². The van der Waals surface area contributed by atoms with E-state index in [0.717, 1.165) is 5.56 Å². The van der Waals surface area contributed by atoms with Gasteiger partial charge in [0.05, 0.1) is 0 Å². The van der Waals surface area contributed by atoms with E-state index in [9.17, 15) is 9.59 Å². The van der Waals surface area contributed by atoms with Gasteiger partial charge >= 0.3 is 5.97 Å². The van der Waals surface area contributed by atoms with Crippen molar-refractivity contribution in [3.8, 4) is 0 Å². The quantitative estimate of drug-likeness (QED) is 0.661. The third-order valence-electron chi connectivity index (χ3n) is 2.72. The number of amides is 1. The van der Waals surface area contributed by atoms with Gasteiger partial charge in [-0.25, -0.2) is 4.79 Å². The summed E-state index contributed by atoms with van der Waals surface area (Å²) in [5.41, 5.74) is 7.30. The number of nitrogen functional groups attached to an aromatic ring is 1. The zero-order chi connectivity index (χ0) is 13.5. The number of nitrogens with two attached hydrogens (primary N) is 1. The zero-order valence-electron chi connectivity index (χ0n) is 10.3. The number of anilines is 1. The number of aliphatic carboxylic acids is 1. The summed E-state index contributed by atoms with van der Waals surface area (Å²) in [6.45, 7) is 1.72. The van der Waals surface area contributed by atoms with Gasteiger partial charge in [-0.15, -0.1) is 0 Å². The van der Waals surface area contributed by atoms with E-state index in [2.05, 4.69) is 5.32 Å². The second-order valence-electron chi connectivity index (χ2n) is 4.07. The second kappa shape index (κ2) is 6.64. The lowest BCUT2D eigenvalue weighted by Gasteiger charge is -2.12. The summed E-state index contributed by atoms with van der Waals surface area (Å²) in [6, 6.07) is 6.51. The Balaban J connectivity index is 2.47. The molecular weight excluding hydrogens is 232 g/mol. The minimum absolute atomic E-state index is 0.234. The van der Waals surface area contributed by atoms with Gasteiger partial charge in [0.1, 0.15) is 6.04 Å². The largest absolute Gasteiger partial charge is 0.480 e. The number of carbonyl (C=O) groups excluding carboxylic acids is 1. The first-order valence-corrected chi connectivity index (χ1v) is 5.90. The van der Waals surface area contributed by atoms with Crippen LogP contribution in [0.15, 0.2) is 24.3 Å². The van der Waals surface area contributed by atoms with Crippen molar-refractivity contribution < 1.29 is 14.7 Å². The lowest BCUT2D eigenvalue weighted by Crippen LogP contribution is -2.40. The molecule has 1 aromatic carbocycles. The minimum atomic E-state index is -1.01. The van der Waals surface area contributed by atoms with Crippen molar-refractivity contribution in [1.82, 2.24) is 5.32 Å². The Morgan fingerprint density at radius 2 is 2.06 bits per heavy atom. The monoisotopic (exact) mass is 250 g/mol. The van der Waals surface area contributed by atoms with Gasteiger partial charge in [-0.3, -0.25) is 4.79 Å². The molecule has 1 rings (SSSR count). The van der Waals surface area contributed by atoms with Gasteiger partial charge in [0, 0.05) is 12.1 Å². The molecular formula is C13H18N2O3. The molecule has 1 aromatic rings. The van der Waals surface area contributed by atoms with Gasteiger partial charge in [0.2, 0.25) is 5.91 Å². The molecule has 0 spiro atoms. The Kier molecular flexibility index (Phi) is 5.17. The molecule has 4 N–H and O–H groups in total. The van der Waals surface area contributed by atoms with Crippen molar-refractivity contribution in [3.63, 3.8) is 0 Å². The van der Waals surface area contributed by atoms with Crippen LogP contribution < -0.4 is 11.1 Å². The van der Waals surface area contributed by atoms with Crippen LogP contribution in [0.3, 0.4) is 0 Å². The van der Waals surface area contributed by atoms with Crippen LogP contribution in [-0.4, -0.2) is 23.0 Å². The van der Waals surface area contributed by atoms with Crippen LogP contribution >= 0.6 is 0 Å². The maximum atomic E-state index is 11.6. The summed E-state index contributed by atoms with van der Waals surface area (Å²) in [5, 5.41) is 11.3. The van der Waals surface area contributed by atoms with Gasteiger partial charge < -0.3 is 16.2 Å². The van der Waals surface area contributed by atoms with E-state index in [0.29, 0.717) is 18.5 Å². The van der Waals surface area contributed by atoms with Crippen LogP contribution in [0, 0.1) is 0 Å². The fraction of sp³-hybridized carbons (Fsp3) is 0.385. The lowest BCUT2D eigenvalue weighted by atomic mass is 10.1. The second-order valence-corrected chi connectivity index (χ2v) is 4.07. The fourth-order valence-corrected chi connectivity index (χ4v) is 1.61. The maximum absolute atomic E-state index is 11.6. The van der Waals surface area contributed by atoms with Crippen LogP contribution in [0.4, 0.5) is 5.69 Å². The molecule has 0 aliphatic carbocycles. The Morgan fingerprint density at radius 3 is 2.61 bits per heavy atom. The van der Waals surface area contributed by atoms with E-state index in [1.165, 1.54) is 0 Å². The molecule has 1 amide bonds. The number of rotatable bonds is 6. The summed E-state index contributed by atoms with van der Waals surface area (Å²) in [4.78, 5) is 22.3. The van der Waals surface area contributed by atoms with E-state index < -0.39 is 12.0 Å². The van der Waals surface area contributed by atoms with E-state index in [1.54, 1.807) is 13.0 Å². The van der Waals surface area contributed by atoms with Gasteiger partial charge in [-0.2, -0.15) is 0 Å². The van der Waals surface area contributed by atoms with Crippen LogP contribution in [0.2, 0.25) is 0 Å². The lowest BCUT2D eigenvalue weighted by molar-refractivity contribution is -0.141. The first kappa shape index (κ1) is 14.0. The number of hydrogen-bond acceptors (Lipinski definition) is 3. The van der Waals surface area contributed by atoms with Gasteiger partial charge in [-0.1, -0.05) is 25.1 Å². The summed E-state index contributed by atoms with van der Waals surface area (Å²) >= 11 is 0. The van der Waals surface area contributed by atoms with Crippen molar-refractivity contribution >= 4 is 17.6 Å². The molecule has 1 unspecified atom stereocenters. The summed E-state index contributed by atoms with van der Waals surface area (Å²) in [6.07, 6.45) is 1.11. The molecule has 18 heavy (non-hydrogen) atoms. The van der Waals surface area contributed by atoms with Crippen LogP contribution in [0.25, 0.3) is 0 Å². The highest BCUT2D eigenvalue weighted by molar-refractivity contribution is 5.83. The number of carbonyl (C=O) groups is 2. The highest BCUT2D eigenvalue weighted by atomic mass is 16.4. The fourth-order valence-electron chi connectivity index (χ4n) is 1.61. The average molecular weight is 250 g/mol. The SMILES string of the molecule is CCC(NC(=O)CCc1ccccc1N)C(=O)O. The highest BCUT2D eigenvalue weighted by Gasteiger charge is 2.17. The molecule has 0 bridgehead atoms. The molecule has 0 aromatic heterocycles. The highest BCUT2D eigenvalue weighted by Crippen LogP contribution is 2.12. The Morgan fingerprint density at radius 1 is 1.39 bits per heavy atom. The normalized spacial score (nSPS) is 11.8. The number of aryl methyl sites for hydroxylation is 1. The van der Waals surface area contributed by atoms with Crippen molar-refractivity contribution in [3.05, 3.63) is 29.8 Å². The molecule has 1 atom stereocenters. The summed E-state index contributed by atoms with van der Waals surface area (Å²) in [7, 11) is 0. The summed E-state index contributed by atoms with van der Waals surface area (Å²) < 4.78 is 0. The number of benzene rings is 1. The molecule has 0 saturated carbocycles. The third-order valence-corrected chi connectivity index (χ3v) is 2.72. The number of hydrogen-bond donors (Lipinski definition) is 3. The van der Waals surface area contributed by atoms with Crippen LogP contribution in [-0.2, 0) is 16.0 Å². The molecule has 0 aliphatic heterocycles. The van der Waals surface area contributed by atoms with Crippen molar-refractivity contribution in [2.45, 2.75) is 32.2 Å². The average Bonchev–Trinajstić information content (AvgIpc) is 2.34. The smallest absolute Gasteiger partial charge is 0.326 e. The number of carboxylic acids is 1. The third kappa shape index (κ3) is 4.08. The Hall–Kier alpha value is -2.04. The number of carboxylic acid groups (broad SMARTS) is 1. The molecule has 0 radical (unpaired) electrons. The van der Waals surface area contributed by atoms with Crippen LogP contribution in [0.1, 0.15) is 25.3 Å². The molecule has 0 aliphatic rings. The molecule has 0 heterocycles. The van der Waals surface area contributed by atoms with Gasteiger partial charge in [0.15, 0.2) is 0 Å². The Labute approximate surface area is 106 Å². The molecule has 5 heteroatoms. The molecule has 0 fully saturated rings. The molecule has 5 nitrogen and oxygen atoms in total. The van der Waals surface area contributed by atoms with Crippen molar-refractivity contribution in [2.24, 2.45) is 0 Å². The van der Waals surface area contributed by atoms with Crippen molar-refractivity contribution in [2.75, 3.05) is 5.73 Å². The summed E-state index contributed by atoms with van der Waals surface area (Å²) in [5.74, 6) is -1.28.